The smallest absolute Gasteiger partial charge is 0.200 e. The van der Waals surface area contributed by atoms with E-state index < -0.39 is 11.6 Å². The summed E-state index contributed by atoms with van der Waals surface area (Å²) in [5.74, 6) is -2.36. The quantitative estimate of drug-likeness (QED) is 0.441. The number of fused-ring (bicyclic) bond motifs is 1. The Morgan fingerprint density at radius 2 is 1.89 bits per heavy atom. The van der Waals surface area contributed by atoms with Crippen molar-refractivity contribution < 1.29 is 18.3 Å². The molecule has 4 rings (SSSR count). The summed E-state index contributed by atoms with van der Waals surface area (Å²) in [4.78, 5) is 4.09. The fraction of sp³-hybridized carbons (Fsp3) is 0.100. The zero-order chi connectivity index (χ0) is 19.7. The third kappa shape index (κ3) is 3.42. The highest BCUT2D eigenvalue weighted by Crippen LogP contribution is 2.29. The maximum Gasteiger partial charge on any atom is 0.200 e. The van der Waals surface area contributed by atoms with Gasteiger partial charge in [0.05, 0.1) is 22.4 Å². The van der Waals surface area contributed by atoms with Crippen LogP contribution < -0.4 is 4.74 Å². The third-order valence-electron chi connectivity index (χ3n) is 4.16. The van der Waals surface area contributed by atoms with E-state index in [0.29, 0.717) is 10.7 Å². The van der Waals surface area contributed by atoms with Gasteiger partial charge in [-0.15, -0.1) is 0 Å². The van der Waals surface area contributed by atoms with E-state index in [2.05, 4.69) is 10.1 Å². The van der Waals surface area contributed by atoms with Gasteiger partial charge in [-0.25, -0.2) is 9.07 Å². The Morgan fingerprint density at radius 3 is 2.68 bits per heavy atom. The zero-order valence-electron chi connectivity index (χ0n) is 14.7. The number of ether oxygens (including phenoxy) is 2. The molecule has 0 amide bonds. The average Bonchev–Trinajstić information content (AvgIpc) is 3.12. The first-order valence-corrected chi connectivity index (χ1v) is 8.64. The van der Waals surface area contributed by atoms with E-state index >= 15 is 0 Å². The molecule has 0 saturated heterocycles. The van der Waals surface area contributed by atoms with Crippen LogP contribution in [0.4, 0.5) is 8.78 Å². The van der Waals surface area contributed by atoms with Crippen LogP contribution in [0.5, 0.6) is 5.75 Å². The fourth-order valence-electron chi connectivity index (χ4n) is 2.89. The van der Waals surface area contributed by atoms with Crippen LogP contribution in [0.15, 0.2) is 55.0 Å². The summed E-state index contributed by atoms with van der Waals surface area (Å²) < 4.78 is 39.3. The van der Waals surface area contributed by atoms with Crippen molar-refractivity contribution in [1.82, 2.24) is 14.8 Å². The molecule has 0 N–H and O–H groups in total. The Labute approximate surface area is 164 Å². The number of nitrogens with zero attached hydrogens (tertiary/aromatic N) is 3. The number of aromatic nitrogens is 3. The highest BCUT2D eigenvalue weighted by Gasteiger charge is 2.15. The predicted octanol–water partition coefficient (Wildman–Crippen LogP) is 5.00. The van der Waals surface area contributed by atoms with Gasteiger partial charge in [-0.05, 0) is 23.8 Å². The minimum Gasteiger partial charge on any atom is -0.464 e. The molecule has 0 fully saturated rings. The predicted molar refractivity (Wildman–Crippen MR) is 102 cm³/mol. The van der Waals surface area contributed by atoms with Gasteiger partial charge in [0, 0.05) is 42.6 Å². The van der Waals surface area contributed by atoms with Crippen molar-refractivity contribution in [2.75, 3.05) is 13.9 Å². The molecule has 28 heavy (non-hydrogen) atoms. The van der Waals surface area contributed by atoms with Gasteiger partial charge in [0.15, 0.2) is 18.4 Å². The van der Waals surface area contributed by atoms with Crippen molar-refractivity contribution in [3.8, 4) is 22.6 Å². The first-order valence-electron chi connectivity index (χ1n) is 8.26. The number of pyridine rings is 1. The number of hydrogen-bond acceptors (Lipinski definition) is 4. The second-order valence-corrected chi connectivity index (χ2v) is 6.45. The molecule has 8 heteroatoms. The molecule has 0 saturated carbocycles. The van der Waals surface area contributed by atoms with Crippen molar-refractivity contribution in [2.45, 2.75) is 0 Å². The number of methoxy groups -OCH3 is 1. The lowest BCUT2D eigenvalue weighted by molar-refractivity contribution is 0.0478. The van der Waals surface area contributed by atoms with Gasteiger partial charge in [-0.1, -0.05) is 17.7 Å². The molecule has 0 bridgehead atoms. The Morgan fingerprint density at radius 1 is 1.04 bits per heavy atom. The van der Waals surface area contributed by atoms with Crippen molar-refractivity contribution in [2.24, 2.45) is 0 Å². The van der Waals surface area contributed by atoms with Gasteiger partial charge >= 0.3 is 0 Å². The molecule has 0 aliphatic rings. The van der Waals surface area contributed by atoms with Crippen LogP contribution in [0, 0.1) is 11.6 Å². The second kappa shape index (κ2) is 7.53. The topological polar surface area (TPSA) is 49.2 Å². The molecule has 4 aromatic rings. The molecular weight excluding hydrogens is 388 g/mol. The summed E-state index contributed by atoms with van der Waals surface area (Å²) in [6, 6.07) is 9.91. The summed E-state index contributed by atoms with van der Waals surface area (Å²) in [6.45, 7) is -0.198. The molecule has 5 nitrogen and oxygen atoms in total. The first kappa shape index (κ1) is 18.3. The summed E-state index contributed by atoms with van der Waals surface area (Å²) in [5, 5.41) is 5.67. The van der Waals surface area contributed by atoms with E-state index in [9.17, 15) is 8.78 Å². The Bertz CT molecular complexity index is 1160. The molecule has 0 atom stereocenters. The highest BCUT2D eigenvalue weighted by molar-refractivity contribution is 6.30. The van der Waals surface area contributed by atoms with Crippen molar-refractivity contribution in [3.63, 3.8) is 0 Å². The SMILES string of the molecule is COCOc1cc(-n2ncc3cc(-c4cncc(Cl)c4)ccc32)cc(F)c1F. The van der Waals surface area contributed by atoms with Crippen molar-refractivity contribution >= 4 is 22.5 Å². The molecular formula is C20H14ClF2N3O2. The fourth-order valence-corrected chi connectivity index (χ4v) is 3.06. The van der Waals surface area contributed by atoms with Crippen LogP contribution in [0.2, 0.25) is 5.02 Å². The minimum absolute atomic E-state index is 0.198. The summed E-state index contributed by atoms with van der Waals surface area (Å²) in [6.07, 6.45) is 4.92. The van der Waals surface area contributed by atoms with E-state index in [1.807, 2.05) is 24.3 Å². The molecule has 2 aromatic heterocycles. The minimum atomic E-state index is -1.08. The lowest BCUT2D eigenvalue weighted by atomic mass is 10.1. The molecule has 142 valence electrons. The monoisotopic (exact) mass is 401 g/mol. The summed E-state index contributed by atoms with van der Waals surface area (Å²) >= 11 is 6.01. The van der Waals surface area contributed by atoms with Crippen LogP contribution in [0.25, 0.3) is 27.7 Å². The van der Waals surface area contributed by atoms with E-state index in [4.69, 9.17) is 21.1 Å². The Hall–Kier alpha value is -3.03. The van der Waals surface area contributed by atoms with E-state index in [0.717, 1.165) is 28.1 Å². The first-order chi connectivity index (χ1) is 13.6. The van der Waals surface area contributed by atoms with Crippen molar-refractivity contribution in [3.05, 3.63) is 71.6 Å². The largest absolute Gasteiger partial charge is 0.464 e. The Balaban J connectivity index is 1.77. The molecule has 0 radical (unpaired) electrons. The lowest BCUT2D eigenvalue weighted by Gasteiger charge is -2.10. The molecule has 0 aliphatic carbocycles. The molecule has 0 aliphatic heterocycles. The van der Waals surface area contributed by atoms with E-state index in [1.165, 1.54) is 17.9 Å². The maximum atomic E-state index is 14.0. The molecule has 2 aromatic carbocycles. The number of halogens is 3. The Kier molecular flexibility index (Phi) is 4.93. The number of hydrogen-bond donors (Lipinski definition) is 0. The van der Waals surface area contributed by atoms with Crippen LogP contribution in [0.3, 0.4) is 0 Å². The summed E-state index contributed by atoms with van der Waals surface area (Å²) in [5.41, 5.74) is 2.83. The normalized spacial score (nSPS) is 11.1. The molecule has 0 spiro atoms. The van der Waals surface area contributed by atoms with Crippen LogP contribution in [-0.2, 0) is 4.74 Å². The van der Waals surface area contributed by atoms with Gasteiger partial charge < -0.3 is 9.47 Å². The van der Waals surface area contributed by atoms with Crippen LogP contribution >= 0.6 is 11.6 Å². The van der Waals surface area contributed by atoms with Crippen LogP contribution in [0.1, 0.15) is 0 Å². The maximum absolute atomic E-state index is 14.0. The van der Waals surface area contributed by atoms with Gasteiger partial charge in [0.2, 0.25) is 5.82 Å². The highest BCUT2D eigenvalue weighted by atomic mass is 35.5. The van der Waals surface area contributed by atoms with Gasteiger partial charge in [-0.3, -0.25) is 4.98 Å². The third-order valence-corrected chi connectivity index (χ3v) is 4.37. The standard InChI is InChI=1S/C20H14ClF2N3O2/c1-27-11-28-19-7-16(6-17(22)20(19)23)26-18-3-2-12(4-14(18)9-25-26)13-5-15(21)10-24-8-13/h2-10H,11H2,1H3. The lowest BCUT2D eigenvalue weighted by Crippen LogP contribution is -2.05. The van der Waals surface area contributed by atoms with Gasteiger partial charge in [-0.2, -0.15) is 9.49 Å². The number of benzene rings is 2. The second-order valence-electron chi connectivity index (χ2n) is 6.01. The van der Waals surface area contributed by atoms with Crippen molar-refractivity contribution in [1.29, 1.82) is 0 Å². The van der Waals surface area contributed by atoms with E-state index in [-0.39, 0.29) is 12.5 Å². The zero-order valence-corrected chi connectivity index (χ0v) is 15.5. The van der Waals surface area contributed by atoms with E-state index in [1.54, 1.807) is 18.6 Å². The van der Waals surface area contributed by atoms with Crippen LogP contribution in [-0.4, -0.2) is 28.7 Å². The number of rotatable bonds is 5. The summed E-state index contributed by atoms with van der Waals surface area (Å²) in [7, 11) is 1.39. The van der Waals surface area contributed by atoms with Gasteiger partial charge in [0.25, 0.3) is 0 Å². The average molecular weight is 402 g/mol. The molecule has 2 heterocycles. The van der Waals surface area contributed by atoms with Gasteiger partial charge in [0.1, 0.15) is 0 Å². The molecule has 0 unspecified atom stereocenters.